The van der Waals surface area contributed by atoms with Gasteiger partial charge in [0.05, 0.1) is 5.92 Å². The number of carbonyl (C=O) groups excluding carboxylic acids is 1. The molecule has 2 saturated carbocycles. The zero-order valence-electron chi connectivity index (χ0n) is 14.5. The van der Waals surface area contributed by atoms with Crippen molar-refractivity contribution in [1.29, 1.82) is 0 Å². The van der Waals surface area contributed by atoms with E-state index in [0.29, 0.717) is 11.8 Å². The summed E-state index contributed by atoms with van der Waals surface area (Å²) >= 11 is 0. The molecule has 4 nitrogen and oxygen atoms in total. The zero-order valence-corrected chi connectivity index (χ0v) is 14.5. The molecule has 5 atom stereocenters. The lowest BCUT2D eigenvalue weighted by Gasteiger charge is -2.43. The summed E-state index contributed by atoms with van der Waals surface area (Å²) in [5.74, 6) is 2.17. The van der Waals surface area contributed by atoms with Crippen molar-refractivity contribution in [2.75, 3.05) is 19.6 Å². The van der Waals surface area contributed by atoms with E-state index in [2.05, 4.69) is 31.0 Å². The fourth-order valence-corrected chi connectivity index (χ4v) is 5.00. The molecule has 0 aromatic heterocycles. The van der Waals surface area contributed by atoms with Gasteiger partial charge in [-0.25, -0.2) is 0 Å². The standard InChI is InChI=1S/C18H33N3O/c1-12-5-4-8-21(10-12)18(2,3)11-20-17(22)15-13-6-7-14(9-13)16(15)19/h12-16H,4-11,19H2,1-3H3,(H,20,22). The fourth-order valence-electron chi connectivity index (χ4n) is 5.00. The second-order valence-electron chi connectivity index (χ2n) is 8.66. The molecule has 1 aliphatic heterocycles. The van der Waals surface area contributed by atoms with Gasteiger partial charge in [-0.05, 0) is 70.3 Å². The second-order valence-corrected chi connectivity index (χ2v) is 8.66. The maximum atomic E-state index is 12.6. The Morgan fingerprint density at radius 3 is 2.64 bits per heavy atom. The van der Waals surface area contributed by atoms with Gasteiger partial charge in [0.25, 0.3) is 0 Å². The van der Waals surface area contributed by atoms with Crippen LogP contribution in [0.5, 0.6) is 0 Å². The molecule has 1 saturated heterocycles. The lowest BCUT2D eigenvalue weighted by atomic mass is 9.84. The quantitative estimate of drug-likeness (QED) is 0.835. The highest BCUT2D eigenvalue weighted by molar-refractivity contribution is 5.80. The minimum atomic E-state index is 0.0338. The van der Waals surface area contributed by atoms with Crippen LogP contribution in [-0.4, -0.2) is 42.0 Å². The Labute approximate surface area is 135 Å². The molecule has 1 amide bonds. The van der Waals surface area contributed by atoms with E-state index < -0.39 is 0 Å². The summed E-state index contributed by atoms with van der Waals surface area (Å²) in [5.41, 5.74) is 6.33. The zero-order chi connectivity index (χ0) is 15.9. The van der Waals surface area contributed by atoms with Gasteiger partial charge in [0.1, 0.15) is 0 Å². The predicted molar refractivity (Wildman–Crippen MR) is 89.4 cm³/mol. The topological polar surface area (TPSA) is 58.4 Å². The van der Waals surface area contributed by atoms with E-state index in [0.717, 1.165) is 25.6 Å². The molecule has 1 heterocycles. The van der Waals surface area contributed by atoms with E-state index in [9.17, 15) is 4.79 Å². The Kier molecular flexibility index (Phi) is 4.52. The molecule has 126 valence electrons. The van der Waals surface area contributed by atoms with Crippen molar-refractivity contribution >= 4 is 5.91 Å². The van der Waals surface area contributed by atoms with Crippen molar-refractivity contribution in [3.8, 4) is 0 Å². The lowest BCUT2D eigenvalue weighted by molar-refractivity contribution is -0.127. The van der Waals surface area contributed by atoms with E-state index in [1.165, 1.54) is 32.1 Å². The number of nitrogens with zero attached hydrogens (tertiary/aromatic N) is 1. The highest BCUT2D eigenvalue weighted by Gasteiger charge is 2.49. The smallest absolute Gasteiger partial charge is 0.225 e. The number of nitrogens with two attached hydrogens (primary N) is 1. The number of fused-ring (bicyclic) bond motifs is 2. The van der Waals surface area contributed by atoms with Gasteiger partial charge < -0.3 is 11.1 Å². The van der Waals surface area contributed by atoms with Crippen molar-refractivity contribution in [2.24, 2.45) is 29.4 Å². The third-order valence-electron chi connectivity index (χ3n) is 6.49. The van der Waals surface area contributed by atoms with Crippen molar-refractivity contribution in [3.05, 3.63) is 0 Å². The number of hydrogen-bond donors (Lipinski definition) is 2. The molecule has 3 rings (SSSR count). The molecule has 0 aromatic rings. The number of nitrogens with one attached hydrogen (secondary N) is 1. The number of likely N-dealkylation sites (tertiary alicyclic amines) is 1. The van der Waals surface area contributed by atoms with Gasteiger partial charge >= 0.3 is 0 Å². The molecule has 0 aromatic carbocycles. The average molecular weight is 307 g/mol. The van der Waals surface area contributed by atoms with Crippen LogP contribution in [-0.2, 0) is 4.79 Å². The molecule has 3 N–H and O–H groups in total. The molecule has 5 unspecified atom stereocenters. The van der Waals surface area contributed by atoms with Gasteiger partial charge in [0.15, 0.2) is 0 Å². The predicted octanol–water partition coefficient (Wildman–Crippen LogP) is 1.99. The largest absolute Gasteiger partial charge is 0.354 e. The molecule has 0 radical (unpaired) electrons. The molecule has 3 fully saturated rings. The van der Waals surface area contributed by atoms with Gasteiger partial charge in [-0.2, -0.15) is 0 Å². The van der Waals surface area contributed by atoms with Crippen LogP contribution in [0.4, 0.5) is 0 Å². The van der Waals surface area contributed by atoms with Crippen LogP contribution in [0, 0.1) is 23.7 Å². The summed E-state index contributed by atoms with van der Waals surface area (Å²) in [7, 11) is 0. The van der Waals surface area contributed by atoms with Crippen LogP contribution in [0.25, 0.3) is 0 Å². The van der Waals surface area contributed by atoms with E-state index >= 15 is 0 Å². The first-order chi connectivity index (χ1) is 10.4. The van der Waals surface area contributed by atoms with Crippen molar-refractivity contribution in [1.82, 2.24) is 10.2 Å². The van der Waals surface area contributed by atoms with Crippen molar-refractivity contribution < 1.29 is 4.79 Å². The molecular weight excluding hydrogens is 274 g/mol. The monoisotopic (exact) mass is 307 g/mol. The van der Waals surface area contributed by atoms with Gasteiger partial charge in [-0.1, -0.05) is 6.92 Å². The highest BCUT2D eigenvalue weighted by atomic mass is 16.2. The van der Waals surface area contributed by atoms with E-state index in [4.69, 9.17) is 5.73 Å². The summed E-state index contributed by atoms with van der Waals surface area (Å²) in [6.07, 6.45) is 6.21. The normalized spacial score (nSPS) is 39.2. The first kappa shape index (κ1) is 16.3. The third kappa shape index (κ3) is 3.05. The summed E-state index contributed by atoms with van der Waals surface area (Å²) in [4.78, 5) is 15.2. The summed E-state index contributed by atoms with van der Waals surface area (Å²) < 4.78 is 0. The van der Waals surface area contributed by atoms with Crippen molar-refractivity contribution in [2.45, 2.75) is 64.5 Å². The number of rotatable bonds is 4. The van der Waals surface area contributed by atoms with Crippen LogP contribution in [0.15, 0.2) is 0 Å². The summed E-state index contributed by atoms with van der Waals surface area (Å²) in [5, 5.41) is 3.23. The number of piperidine rings is 1. The molecule has 2 aliphatic carbocycles. The number of carbonyl (C=O) groups is 1. The minimum absolute atomic E-state index is 0.0338. The maximum Gasteiger partial charge on any atom is 0.225 e. The molecule has 0 spiro atoms. The van der Waals surface area contributed by atoms with Crippen LogP contribution >= 0.6 is 0 Å². The van der Waals surface area contributed by atoms with Crippen LogP contribution in [0.1, 0.15) is 52.9 Å². The Bertz CT molecular complexity index is 421. The lowest BCUT2D eigenvalue weighted by Crippen LogP contribution is -2.56. The van der Waals surface area contributed by atoms with Gasteiger partial charge in [-0.15, -0.1) is 0 Å². The molecule has 4 heteroatoms. The first-order valence-electron chi connectivity index (χ1n) is 9.17. The minimum Gasteiger partial charge on any atom is -0.354 e. The van der Waals surface area contributed by atoms with Gasteiger partial charge in [0, 0.05) is 24.7 Å². The van der Waals surface area contributed by atoms with Crippen LogP contribution < -0.4 is 11.1 Å². The fraction of sp³-hybridized carbons (Fsp3) is 0.944. The van der Waals surface area contributed by atoms with E-state index in [1.54, 1.807) is 0 Å². The Morgan fingerprint density at radius 1 is 1.27 bits per heavy atom. The van der Waals surface area contributed by atoms with Gasteiger partial charge in [0.2, 0.25) is 5.91 Å². The van der Waals surface area contributed by atoms with Crippen molar-refractivity contribution in [3.63, 3.8) is 0 Å². The summed E-state index contributed by atoms with van der Waals surface area (Å²) in [6.45, 7) is 9.88. The number of amides is 1. The SMILES string of the molecule is CC1CCCN(C(C)(C)CNC(=O)C2C3CCC(C3)C2N)C1. The maximum absolute atomic E-state index is 12.6. The van der Waals surface area contributed by atoms with E-state index in [-0.39, 0.29) is 23.4 Å². The average Bonchev–Trinajstić information content (AvgIpc) is 3.06. The molecule has 3 aliphatic rings. The molecule has 22 heavy (non-hydrogen) atoms. The molecular formula is C18H33N3O. The Morgan fingerprint density at radius 2 is 2.00 bits per heavy atom. The summed E-state index contributed by atoms with van der Waals surface area (Å²) in [6, 6.07) is 0.0943. The molecule has 2 bridgehead atoms. The Hall–Kier alpha value is -0.610. The second kappa shape index (κ2) is 6.12. The van der Waals surface area contributed by atoms with Crippen LogP contribution in [0.3, 0.4) is 0 Å². The Balaban J connectivity index is 1.54. The van der Waals surface area contributed by atoms with Crippen LogP contribution in [0.2, 0.25) is 0 Å². The third-order valence-corrected chi connectivity index (χ3v) is 6.49. The first-order valence-corrected chi connectivity index (χ1v) is 9.17. The highest BCUT2D eigenvalue weighted by Crippen LogP contribution is 2.47. The number of hydrogen-bond acceptors (Lipinski definition) is 3. The van der Waals surface area contributed by atoms with E-state index in [1.807, 2.05) is 0 Å². The van der Waals surface area contributed by atoms with Gasteiger partial charge in [-0.3, -0.25) is 9.69 Å².